The van der Waals surface area contributed by atoms with Crippen LogP contribution >= 0.6 is 30.5 Å². The summed E-state index contributed by atoms with van der Waals surface area (Å²) in [6.45, 7) is 10.5. The molecule has 1 atom stereocenters. The maximum atomic E-state index is 13.3. The standard InChI is InChI=1S/C44H52ClN8O9PS/c1-59-35-27-29(11-12-32(35)48-44-46-28-31(45)40(50-44)47-33-8-4-5-9-36(33)63(2,3)58)52-17-15-51(16-18-52)19-20-60-21-22-61-23-24-62-25-26-64-37-10-6-7-30-39(37)43(57)53(42(30)56)34-13-14-38(54)49-41(34)55/h4-12,27-28,34H,13-26H2,1-3H3,(H,49,54,55)(H2,46,47,48,50). The molecule has 4 aromatic rings. The molecule has 0 bridgehead atoms. The molecule has 0 saturated carbocycles. The average Bonchev–Trinajstić information content (AvgIpc) is 3.54. The minimum atomic E-state index is -2.56. The molecule has 20 heteroatoms. The van der Waals surface area contributed by atoms with Crippen LogP contribution in [0.5, 0.6) is 5.75 Å². The maximum Gasteiger partial charge on any atom is 0.263 e. The number of carbonyl (C=O) groups is 4. The van der Waals surface area contributed by atoms with Gasteiger partial charge in [-0.05, 0) is 56.1 Å². The van der Waals surface area contributed by atoms with Gasteiger partial charge in [0.1, 0.15) is 24.0 Å². The number of fused-ring (bicyclic) bond motifs is 1. The molecule has 1 aromatic heterocycles. The smallest absolute Gasteiger partial charge is 0.263 e. The average molecular weight is 935 g/mol. The summed E-state index contributed by atoms with van der Waals surface area (Å²) in [5.41, 5.74) is 2.96. The van der Waals surface area contributed by atoms with Crippen molar-refractivity contribution in [3.8, 4) is 5.75 Å². The van der Waals surface area contributed by atoms with E-state index in [1.54, 1.807) is 38.6 Å². The van der Waals surface area contributed by atoms with Gasteiger partial charge in [0, 0.05) is 66.9 Å². The third-order valence-electron chi connectivity index (χ3n) is 10.9. The third-order valence-corrected chi connectivity index (χ3v) is 13.7. The molecule has 0 spiro atoms. The summed E-state index contributed by atoms with van der Waals surface area (Å²) in [6.07, 6.45) is 1.70. The van der Waals surface area contributed by atoms with Crippen LogP contribution in [0.3, 0.4) is 0 Å². The number of hydrogen-bond donors (Lipinski definition) is 3. The second-order valence-electron chi connectivity index (χ2n) is 15.5. The SMILES string of the molecule is COc1cc(N2CCN(CCOCCOCCOCCSc3cccc4c3C(=O)N(C3CCC(=O)NC3=O)C4=O)CC2)ccc1Nc1ncc(Cl)c(Nc2ccccc2P(C)(C)=O)n1. The van der Waals surface area contributed by atoms with Crippen LogP contribution in [0.2, 0.25) is 5.02 Å². The summed E-state index contributed by atoms with van der Waals surface area (Å²) in [4.78, 5) is 65.6. The number of nitrogens with zero attached hydrogens (tertiary/aromatic N) is 5. The fraction of sp³-hybridized carbons (Fsp3) is 0.409. The third kappa shape index (κ3) is 11.6. The highest BCUT2D eigenvalue weighted by Crippen LogP contribution is 2.39. The van der Waals surface area contributed by atoms with Crippen molar-refractivity contribution in [1.82, 2.24) is 25.1 Å². The number of hydrogen-bond acceptors (Lipinski definition) is 16. The summed E-state index contributed by atoms with van der Waals surface area (Å²) in [7, 11) is -0.930. The van der Waals surface area contributed by atoms with Gasteiger partial charge in [-0.3, -0.25) is 34.3 Å². The predicted molar refractivity (Wildman–Crippen MR) is 247 cm³/mol. The fourth-order valence-electron chi connectivity index (χ4n) is 7.57. The van der Waals surface area contributed by atoms with E-state index in [2.05, 4.69) is 35.7 Å². The van der Waals surface area contributed by atoms with Crippen LogP contribution in [-0.2, 0) is 28.4 Å². The molecule has 4 heterocycles. The first kappa shape index (κ1) is 46.9. The number of nitrogens with one attached hydrogen (secondary N) is 3. The summed E-state index contributed by atoms with van der Waals surface area (Å²) < 4.78 is 35.9. The number of rotatable bonds is 21. The Bertz CT molecular complexity index is 2400. The summed E-state index contributed by atoms with van der Waals surface area (Å²) >= 11 is 7.86. The van der Waals surface area contributed by atoms with Crippen LogP contribution in [0.15, 0.2) is 71.8 Å². The summed E-state index contributed by atoms with van der Waals surface area (Å²) in [5.74, 6) is -0.177. The number of thioether (sulfide) groups is 1. The normalized spacial score (nSPS) is 16.8. The van der Waals surface area contributed by atoms with E-state index in [0.717, 1.165) is 43.3 Å². The molecule has 2 saturated heterocycles. The lowest BCUT2D eigenvalue weighted by Crippen LogP contribution is -2.54. The van der Waals surface area contributed by atoms with Crippen LogP contribution < -0.4 is 30.9 Å². The lowest BCUT2D eigenvalue weighted by molar-refractivity contribution is -0.136. The second-order valence-corrected chi connectivity index (χ2v) is 20.3. The van der Waals surface area contributed by atoms with E-state index in [0.29, 0.717) is 89.5 Å². The van der Waals surface area contributed by atoms with Gasteiger partial charge in [0.25, 0.3) is 11.8 Å². The Morgan fingerprint density at radius 3 is 2.33 bits per heavy atom. The first-order valence-electron chi connectivity index (χ1n) is 21.0. The van der Waals surface area contributed by atoms with Gasteiger partial charge in [-0.15, -0.1) is 11.8 Å². The summed E-state index contributed by atoms with van der Waals surface area (Å²) in [6, 6.07) is 17.5. The number of amides is 4. The highest BCUT2D eigenvalue weighted by molar-refractivity contribution is 7.99. The van der Waals surface area contributed by atoms with Crippen LogP contribution in [-0.4, -0.2) is 148 Å². The molecule has 340 valence electrons. The van der Waals surface area contributed by atoms with E-state index < -0.39 is 36.8 Å². The van der Waals surface area contributed by atoms with E-state index in [9.17, 15) is 23.7 Å². The number of ether oxygens (including phenoxy) is 4. The number of methoxy groups -OCH3 is 1. The zero-order valence-corrected chi connectivity index (χ0v) is 38.4. The first-order valence-corrected chi connectivity index (χ1v) is 24.9. The van der Waals surface area contributed by atoms with Crippen LogP contribution in [0.25, 0.3) is 0 Å². The zero-order chi connectivity index (χ0) is 45.2. The van der Waals surface area contributed by atoms with Crippen molar-refractivity contribution in [2.45, 2.75) is 23.8 Å². The van der Waals surface area contributed by atoms with Gasteiger partial charge < -0.3 is 39.0 Å². The monoisotopic (exact) mass is 934 g/mol. The van der Waals surface area contributed by atoms with Crippen molar-refractivity contribution in [2.24, 2.45) is 0 Å². The van der Waals surface area contributed by atoms with Gasteiger partial charge in [0.2, 0.25) is 17.8 Å². The predicted octanol–water partition coefficient (Wildman–Crippen LogP) is 5.24. The molecular weight excluding hydrogens is 883 g/mol. The van der Waals surface area contributed by atoms with Crippen LogP contribution in [0, 0.1) is 0 Å². The molecule has 3 aromatic carbocycles. The summed E-state index contributed by atoms with van der Waals surface area (Å²) in [5, 5.41) is 9.73. The Labute approximate surface area is 381 Å². The molecule has 3 N–H and O–H groups in total. The number of piperidine rings is 1. The zero-order valence-electron chi connectivity index (χ0n) is 36.0. The van der Waals surface area contributed by atoms with Crippen LogP contribution in [0.4, 0.5) is 28.8 Å². The van der Waals surface area contributed by atoms with Crippen molar-refractivity contribution >= 4 is 88.3 Å². The minimum absolute atomic E-state index is 0.0726. The quantitative estimate of drug-likeness (QED) is 0.0425. The Hall–Kier alpha value is -5.07. The van der Waals surface area contributed by atoms with E-state index in [1.165, 1.54) is 18.0 Å². The Kier molecular flexibility index (Phi) is 15.9. The van der Waals surface area contributed by atoms with Gasteiger partial charge in [0.05, 0.1) is 75.4 Å². The molecule has 64 heavy (non-hydrogen) atoms. The van der Waals surface area contributed by atoms with Gasteiger partial charge >= 0.3 is 0 Å². The number of para-hydroxylation sites is 1. The molecule has 2 fully saturated rings. The van der Waals surface area contributed by atoms with E-state index >= 15 is 0 Å². The van der Waals surface area contributed by atoms with Crippen molar-refractivity contribution in [3.05, 3.63) is 83.0 Å². The van der Waals surface area contributed by atoms with Crippen LogP contribution in [0.1, 0.15) is 33.6 Å². The molecule has 1 unspecified atom stereocenters. The van der Waals surface area contributed by atoms with Crippen molar-refractivity contribution < 1.29 is 42.7 Å². The van der Waals surface area contributed by atoms with Gasteiger partial charge in [-0.2, -0.15) is 4.98 Å². The highest BCUT2D eigenvalue weighted by Gasteiger charge is 2.45. The van der Waals surface area contributed by atoms with Gasteiger partial charge in [0.15, 0.2) is 5.82 Å². The van der Waals surface area contributed by atoms with E-state index in [1.807, 2.05) is 42.5 Å². The van der Waals surface area contributed by atoms with Gasteiger partial charge in [-0.1, -0.05) is 29.8 Å². The number of benzene rings is 3. The molecule has 7 rings (SSSR count). The lowest BCUT2D eigenvalue weighted by atomic mass is 10.0. The molecule has 4 amide bonds. The Balaban J connectivity index is 0.756. The Morgan fingerprint density at radius 2 is 1.59 bits per heavy atom. The number of piperazine rings is 1. The number of aromatic nitrogens is 2. The second kappa shape index (κ2) is 21.7. The first-order chi connectivity index (χ1) is 30.9. The topological polar surface area (TPSA) is 194 Å². The van der Waals surface area contributed by atoms with Crippen molar-refractivity contribution in [1.29, 1.82) is 0 Å². The fourth-order valence-corrected chi connectivity index (χ4v) is 9.80. The number of halogens is 1. The molecular formula is C44H52ClN8O9PS. The molecule has 3 aliphatic heterocycles. The van der Waals surface area contributed by atoms with Gasteiger partial charge in [-0.25, -0.2) is 4.98 Å². The molecule has 3 aliphatic rings. The number of carbonyl (C=O) groups excluding carboxylic acids is 4. The minimum Gasteiger partial charge on any atom is -0.494 e. The van der Waals surface area contributed by atoms with E-state index in [-0.39, 0.29) is 24.0 Å². The molecule has 0 radical (unpaired) electrons. The van der Waals surface area contributed by atoms with Crippen molar-refractivity contribution in [3.63, 3.8) is 0 Å². The Morgan fingerprint density at radius 1 is 0.859 bits per heavy atom. The lowest BCUT2D eigenvalue weighted by Gasteiger charge is -2.36. The molecule has 17 nitrogen and oxygen atoms in total. The highest BCUT2D eigenvalue weighted by atomic mass is 35.5. The largest absolute Gasteiger partial charge is 0.494 e. The number of anilines is 5. The maximum absolute atomic E-state index is 13.3. The molecule has 0 aliphatic carbocycles. The van der Waals surface area contributed by atoms with E-state index in [4.69, 9.17) is 30.5 Å². The number of imide groups is 2. The van der Waals surface area contributed by atoms with Crippen molar-refractivity contribution in [2.75, 3.05) is 114 Å².